The molecule has 1 aliphatic rings. The van der Waals surface area contributed by atoms with Gasteiger partial charge in [0.2, 0.25) is 0 Å². The first-order chi connectivity index (χ1) is 8.72. The Morgan fingerprint density at radius 2 is 2.00 bits per heavy atom. The summed E-state index contributed by atoms with van der Waals surface area (Å²) in [6.45, 7) is 1.84. The number of methoxy groups -OCH3 is 1. The first kappa shape index (κ1) is 14.3. The van der Waals surface area contributed by atoms with E-state index in [1.807, 2.05) is 6.92 Å². The van der Waals surface area contributed by atoms with E-state index < -0.39 is 15.7 Å². The van der Waals surface area contributed by atoms with Crippen molar-refractivity contribution >= 4 is 9.84 Å². The van der Waals surface area contributed by atoms with Crippen molar-refractivity contribution in [3.05, 3.63) is 23.5 Å². The zero-order valence-electron chi connectivity index (χ0n) is 11.2. The Hall–Kier alpha value is -1.14. The molecule has 0 spiro atoms. The molecule has 0 heterocycles. The van der Waals surface area contributed by atoms with Gasteiger partial charge in [0.15, 0.2) is 9.84 Å². The highest BCUT2D eigenvalue weighted by Gasteiger charge is 2.50. The monoisotopic (exact) mass is 287 g/mol. The standard InChI is InChI=1S/C13H18FNO3S/c1-8(15)13(4-5-13)10-6-9(14)7-11(12(10)18-2)19(3,16)17/h6-8H,4-5,15H2,1-3H3. The van der Waals surface area contributed by atoms with Gasteiger partial charge in [-0.3, -0.25) is 0 Å². The summed E-state index contributed by atoms with van der Waals surface area (Å²) in [4.78, 5) is -0.114. The van der Waals surface area contributed by atoms with Gasteiger partial charge >= 0.3 is 0 Å². The summed E-state index contributed by atoms with van der Waals surface area (Å²) >= 11 is 0. The van der Waals surface area contributed by atoms with Crippen LogP contribution in [0, 0.1) is 5.82 Å². The van der Waals surface area contributed by atoms with E-state index in [4.69, 9.17) is 10.5 Å². The van der Waals surface area contributed by atoms with Gasteiger partial charge in [0.25, 0.3) is 0 Å². The van der Waals surface area contributed by atoms with Crippen LogP contribution in [0.1, 0.15) is 25.3 Å². The molecule has 1 aromatic carbocycles. The molecule has 1 fully saturated rings. The van der Waals surface area contributed by atoms with Gasteiger partial charge < -0.3 is 10.5 Å². The fourth-order valence-corrected chi connectivity index (χ4v) is 3.39. The lowest BCUT2D eigenvalue weighted by atomic mass is 9.88. The zero-order valence-corrected chi connectivity index (χ0v) is 12.1. The SMILES string of the molecule is COc1c(C2(C(C)N)CC2)cc(F)cc1S(C)(=O)=O. The molecule has 1 aromatic rings. The molecule has 6 heteroatoms. The maximum absolute atomic E-state index is 13.7. The van der Waals surface area contributed by atoms with E-state index in [0.29, 0.717) is 5.56 Å². The molecule has 0 aromatic heterocycles. The molecule has 0 radical (unpaired) electrons. The summed E-state index contributed by atoms with van der Waals surface area (Å²) in [5, 5.41) is 0. The van der Waals surface area contributed by atoms with Crippen molar-refractivity contribution in [2.24, 2.45) is 5.73 Å². The second-order valence-corrected chi connectivity index (χ2v) is 7.19. The number of hydrogen-bond donors (Lipinski definition) is 1. The van der Waals surface area contributed by atoms with Crippen molar-refractivity contribution in [3.63, 3.8) is 0 Å². The minimum atomic E-state index is -3.55. The number of ether oxygens (including phenoxy) is 1. The van der Waals surface area contributed by atoms with Crippen LogP contribution >= 0.6 is 0 Å². The summed E-state index contributed by atoms with van der Waals surface area (Å²) in [6, 6.07) is 2.15. The lowest BCUT2D eigenvalue weighted by Gasteiger charge is -2.24. The van der Waals surface area contributed by atoms with Gasteiger partial charge in [-0.05, 0) is 31.9 Å². The molecule has 1 aliphatic carbocycles. The molecule has 19 heavy (non-hydrogen) atoms. The number of sulfone groups is 1. The largest absolute Gasteiger partial charge is 0.495 e. The Balaban J connectivity index is 2.72. The summed E-state index contributed by atoms with van der Waals surface area (Å²) in [7, 11) is -2.16. The number of hydrogen-bond acceptors (Lipinski definition) is 4. The normalized spacial score (nSPS) is 19.0. The van der Waals surface area contributed by atoms with Crippen LogP contribution in [0.4, 0.5) is 4.39 Å². The molecule has 2 N–H and O–H groups in total. The quantitative estimate of drug-likeness (QED) is 0.913. The van der Waals surface area contributed by atoms with Gasteiger partial charge in [0.05, 0.1) is 7.11 Å². The van der Waals surface area contributed by atoms with Crippen LogP contribution in [0.2, 0.25) is 0 Å². The van der Waals surface area contributed by atoms with Crippen molar-refractivity contribution in [1.29, 1.82) is 0 Å². The molecule has 1 saturated carbocycles. The van der Waals surface area contributed by atoms with Gasteiger partial charge in [-0.2, -0.15) is 0 Å². The van der Waals surface area contributed by atoms with Crippen LogP contribution in [-0.2, 0) is 15.3 Å². The molecule has 2 rings (SSSR count). The second kappa shape index (κ2) is 4.45. The van der Waals surface area contributed by atoms with Crippen molar-refractivity contribution in [3.8, 4) is 5.75 Å². The van der Waals surface area contributed by atoms with Crippen LogP contribution in [0.5, 0.6) is 5.75 Å². The van der Waals surface area contributed by atoms with Gasteiger partial charge in [0, 0.05) is 23.3 Å². The van der Waals surface area contributed by atoms with Gasteiger partial charge in [-0.15, -0.1) is 0 Å². The summed E-state index contributed by atoms with van der Waals surface area (Å²) in [6.07, 6.45) is 2.67. The average molecular weight is 287 g/mol. The van der Waals surface area contributed by atoms with Crippen molar-refractivity contribution in [2.75, 3.05) is 13.4 Å². The Labute approximate surface area is 112 Å². The molecular formula is C13H18FNO3S. The molecule has 106 valence electrons. The van der Waals surface area contributed by atoms with Crippen LogP contribution in [-0.4, -0.2) is 27.8 Å². The molecular weight excluding hydrogens is 269 g/mol. The highest BCUT2D eigenvalue weighted by Crippen LogP contribution is 2.54. The predicted octanol–water partition coefficient (Wildman–Crippen LogP) is 1.62. The third-order valence-electron chi connectivity index (χ3n) is 3.82. The van der Waals surface area contributed by atoms with E-state index >= 15 is 0 Å². The second-order valence-electron chi connectivity index (χ2n) is 5.20. The third-order valence-corrected chi connectivity index (χ3v) is 4.92. The van der Waals surface area contributed by atoms with E-state index in [1.54, 1.807) is 0 Å². The molecule has 0 saturated heterocycles. The zero-order chi connectivity index (χ0) is 14.4. The summed E-state index contributed by atoms with van der Waals surface area (Å²) < 4.78 is 42.5. The number of benzene rings is 1. The Kier molecular flexibility index (Phi) is 3.35. The van der Waals surface area contributed by atoms with Gasteiger partial charge in [-0.1, -0.05) is 0 Å². The molecule has 1 unspecified atom stereocenters. The maximum atomic E-state index is 13.7. The van der Waals surface area contributed by atoms with E-state index in [9.17, 15) is 12.8 Å². The first-order valence-corrected chi connectivity index (χ1v) is 7.95. The Morgan fingerprint density at radius 1 is 1.42 bits per heavy atom. The van der Waals surface area contributed by atoms with E-state index in [0.717, 1.165) is 25.2 Å². The third kappa shape index (κ3) is 2.34. The minimum absolute atomic E-state index is 0.114. The molecule has 0 aliphatic heterocycles. The van der Waals surface area contributed by atoms with Crippen LogP contribution in [0.15, 0.2) is 17.0 Å². The Morgan fingerprint density at radius 3 is 2.37 bits per heavy atom. The van der Waals surface area contributed by atoms with E-state index in [-0.39, 0.29) is 22.1 Å². The lowest BCUT2D eigenvalue weighted by Crippen LogP contribution is -2.32. The number of nitrogens with two attached hydrogens (primary N) is 1. The average Bonchev–Trinajstić information content (AvgIpc) is 3.07. The highest BCUT2D eigenvalue weighted by molar-refractivity contribution is 7.90. The van der Waals surface area contributed by atoms with Crippen LogP contribution in [0.25, 0.3) is 0 Å². The minimum Gasteiger partial charge on any atom is -0.495 e. The predicted molar refractivity (Wildman–Crippen MR) is 70.6 cm³/mol. The lowest BCUT2D eigenvalue weighted by molar-refractivity contribution is 0.384. The van der Waals surface area contributed by atoms with Crippen molar-refractivity contribution in [1.82, 2.24) is 0 Å². The van der Waals surface area contributed by atoms with Gasteiger partial charge in [0.1, 0.15) is 16.5 Å². The van der Waals surface area contributed by atoms with Crippen LogP contribution < -0.4 is 10.5 Å². The van der Waals surface area contributed by atoms with Crippen molar-refractivity contribution < 1.29 is 17.5 Å². The summed E-state index contributed by atoms with van der Waals surface area (Å²) in [5.74, 6) is -0.359. The fourth-order valence-electron chi connectivity index (χ4n) is 2.53. The van der Waals surface area contributed by atoms with E-state index in [2.05, 4.69) is 0 Å². The molecule has 1 atom stereocenters. The number of rotatable bonds is 4. The first-order valence-electron chi connectivity index (χ1n) is 6.06. The van der Waals surface area contributed by atoms with Crippen LogP contribution in [0.3, 0.4) is 0 Å². The van der Waals surface area contributed by atoms with E-state index in [1.165, 1.54) is 13.2 Å². The molecule has 0 bridgehead atoms. The fraction of sp³-hybridized carbons (Fsp3) is 0.538. The maximum Gasteiger partial charge on any atom is 0.179 e. The molecule has 4 nitrogen and oxygen atoms in total. The van der Waals surface area contributed by atoms with Gasteiger partial charge in [-0.25, -0.2) is 12.8 Å². The topological polar surface area (TPSA) is 69.4 Å². The smallest absolute Gasteiger partial charge is 0.179 e. The summed E-state index contributed by atoms with van der Waals surface area (Å²) in [5.41, 5.74) is 6.16. The number of halogens is 1. The van der Waals surface area contributed by atoms with Crippen molar-refractivity contribution in [2.45, 2.75) is 36.1 Å². The highest BCUT2D eigenvalue weighted by atomic mass is 32.2. The molecule has 0 amide bonds. The Bertz CT molecular complexity index is 607.